The standard InChI is InChI=1S/C13H26N2O/c1-5-8-9-10(4)15-12(7-3)14-11(6-2)13(15)16/h10-12,14H,5-9H2,1-4H3. The van der Waals surface area contributed by atoms with Crippen LogP contribution in [0.5, 0.6) is 0 Å². The minimum atomic E-state index is 0.0500. The zero-order valence-electron chi connectivity index (χ0n) is 11.1. The van der Waals surface area contributed by atoms with E-state index in [1.165, 1.54) is 12.8 Å². The number of nitrogens with zero attached hydrogens (tertiary/aromatic N) is 1. The highest BCUT2D eigenvalue weighted by molar-refractivity contribution is 5.84. The van der Waals surface area contributed by atoms with Gasteiger partial charge in [-0.25, -0.2) is 0 Å². The Bertz CT molecular complexity index is 230. The number of nitrogens with one attached hydrogen (secondary N) is 1. The summed E-state index contributed by atoms with van der Waals surface area (Å²) in [6.45, 7) is 8.59. The highest BCUT2D eigenvalue weighted by atomic mass is 16.2. The molecule has 0 aromatic carbocycles. The van der Waals surface area contributed by atoms with Gasteiger partial charge < -0.3 is 4.90 Å². The summed E-state index contributed by atoms with van der Waals surface area (Å²) in [6, 6.07) is 0.426. The Labute approximate surface area is 99.6 Å². The lowest BCUT2D eigenvalue weighted by Gasteiger charge is -2.29. The third-order valence-electron chi connectivity index (χ3n) is 3.53. The Kier molecular flexibility index (Phi) is 5.26. The van der Waals surface area contributed by atoms with Gasteiger partial charge in [-0.15, -0.1) is 0 Å². The third kappa shape index (κ3) is 2.76. The van der Waals surface area contributed by atoms with E-state index in [9.17, 15) is 4.79 Å². The molecule has 0 radical (unpaired) electrons. The summed E-state index contributed by atoms with van der Waals surface area (Å²) in [5, 5.41) is 3.42. The Balaban J connectivity index is 2.64. The fourth-order valence-electron chi connectivity index (χ4n) is 2.49. The van der Waals surface area contributed by atoms with Crippen molar-refractivity contribution >= 4 is 5.91 Å². The van der Waals surface area contributed by atoms with Crippen LogP contribution in [0.2, 0.25) is 0 Å². The quantitative estimate of drug-likeness (QED) is 0.754. The van der Waals surface area contributed by atoms with Crippen LogP contribution in [0, 0.1) is 0 Å². The van der Waals surface area contributed by atoms with E-state index in [1.807, 2.05) is 0 Å². The van der Waals surface area contributed by atoms with Crippen molar-refractivity contribution in [1.29, 1.82) is 0 Å². The second kappa shape index (κ2) is 6.24. The SMILES string of the molecule is CCCCC(C)N1C(=O)C(CC)NC1CC. The first-order chi connectivity index (χ1) is 7.65. The van der Waals surface area contributed by atoms with Crippen LogP contribution in [0.1, 0.15) is 59.8 Å². The number of carbonyl (C=O) groups excluding carboxylic acids is 1. The van der Waals surface area contributed by atoms with Gasteiger partial charge >= 0.3 is 0 Å². The molecular formula is C13H26N2O. The van der Waals surface area contributed by atoms with Crippen LogP contribution in [0.3, 0.4) is 0 Å². The minimum Gasteiger partial charge on any atom is -0.323 e. The van der Waals surface area contributed by atoms with E-state index >= 15 is 0 Å². The molecule has 1 fully saturated rings. The van der Waals surface area contributed by atoms with Gasteiger partial charge in [-0.1, -0.05) is 33.6 Å². The fourth-order valence-corrected chi connectivity index (χ4v) is 2.49. The second-order valence-electron chi connectivity index (χ2n) is 4.79. The van der Waals surface area contributed by atoms with Crippen molar-refractivity contribution in [3.05, 3.63) is 0 Å². The molecule has 0 bridgehead atoms. The Hall–Kier alpha value is -0.570. The van der Waals surface area contributed by atoms with Gasteiger partial charge in [0.05, 0.1) is 12.2 Å². The maximum absolute atomic E-state index is 12.2. The monoisotopic (exact) mass is 226 g/mol. The zero-order chi connectivity index (χ0) is 12.1. The smallest absolute Gasteiger partial charge is 0.241 e. The molecule has 0 saturated carbocycles. The second-order valence-corrected chi connectivity index (χ2v) is 4.79. The van der Waals surface area contributed by atoms with Gasteiger partial charge in [-0.2, -0.15) is 0 Å². The predicted octanol–water partition coefficient (Wildman–Crippen LogP) is 2.51. The first-order valence-corrected chi connectivity index (χ1v) is 6.73. The Morgan fingerprint density at radius 2 is 2.00 bits per heavy atom. The number of hydrogen-bond acceptors (Lipinski definition) is 2. The van der Waals surface area contributed by atoms with Gasteiger partial charge in [-0.3, -0.25) is 10.1 Å². The zero-order valence-corrected chi connectivity index (χ0v) is 11.1. The van der Waals surface area contributed by atoms with Crippen LogP contribution in [0.15, 0.2) is 0 Å². The molecule has 3 nitrogen and oxygen atoms in total. The maximum Gasteiger partial charge on any atom is 0.241 e. The average molecular weight is 226 g/mol. The molecule has 1 heterocycles. The van der Waals surface area contributed by atoms with Gasteiger partial charge in [0, 0.05) is 6.04 Å². The van der Waals surface area contributed by atoms with Crippen molar-refractivity contribution in [2.24, 2.45) is 0 Å². The normalized spacial score (nSPS) is 27.5. The fraction of sp³-hybridized carbons (Fsp3) is 0.923. The van der Waals surface area contributed by atoms with Gasteiger partial charge in [-0.05, 0) is 26.2 Å². The van der Waals surface area contributed by atoms with Crippen molar-refractivity contribution < 1.29 is 4.79 Å². The minimum absolute atomic E-state index is 0.0500. The summed E-state index contributed by atoms with van der Waals surface area (Å²) in [5.41, 5.74) is 0. The van der Waals surface area contributed by atoms with Crippen LogP contribution in [0.4, 0.5) is 0 Å². The summed E-state index contributed by atoms with van der Waals surface area (Å²) in [7, 11) is 0. The van der Waals surface area contributed by atoms with E-state index in [4.69, 9.17) is 0 Å². The van der Waals surface area contributed by atoms with Crippen molar-refractivity contribution in [1.82, 2.24) is 10.2 Å². The van der Waals surface area contributed by atoms with E-state index in [0.29, 0.717) is 11.9 Å². The van der Waals surface area contributed by atoms with Crippen LogP contribution >= 0.6 is 0 Å². The van der Waals surface area contributed by atoms with Gasteiger partial charge in [0.1, 0.15) is 0 Å². The molecule has 3 heteroatoms. The van der Waals surface area contributed by atoms with E-state index < -0.39 is 0 Å². The molecule has 1 rings (SSSR count). The van der Waals surface area contributed by atoms with Crippen LogP contribution in [-0.2, 0) is 4.79 Å². The van der Waals surface area contributed by atoms with Crippen LogP contribution in [0.25, 0.3) is 0 Å². The Morgan fingerprint density at radius 3 is 2.50 bits per heavy atom. The highest BCUT2D eigenvalue weighted by Crippen LogP contribution is 2.21. The molecule has 3 unspecified atom stereocenters. The highest BCUT2D eigenvalue weighted by Gasteiger charge is 2.38. The van der Waals surface area contributed by atoms with Crippen molar-refractivity contribution in [3.63, 3.8) is 0 Å². The Morgan fingerprint density at radius 1 is 1.31 bits per heavy atom. The van der Waals surface area contributed by atoms with E-state index in [2.05, 4.69) is 37.9 Å². The molecule has 1 N–H and O–H groups in total. The molecule has 1 saturated heterocycles. The molecule has 3 atom stereocenters. The topological polar surface area (TPSA) is 32.3 Å². The first kappa shape index (κ1) is 13.5. The largest absolute Gasteiger partial charge is 0.323 e. The lowest BCUT2D eigenvalue weighted by atomic mass is 10.1. The lowest BCUT2D eigenvalue weighted by Crippen LogP contribution is -2.42. The summed E-state index contributed by atoms with van der Waals surface area (Å²) >= 11 is 0. The molecular weight excluding hydrogens is 200 g/mol. The maximum atomic E-state index is 12.2. The molecule has 0 aliphatic carbocycles. The molecule has 0 aromatic heterocycles. The van der Waals surface area contributed by atoms with Crippen molar-refractivity contribution in [2.45, 2.75) is 78.0 Å². The van der Waals surface area contributed by atoms with E-state index in [0.717, 1.165) is 19.3 Å². The number of rotatable bonds is 6. The lowest BCUT2D eigenvalue weighted by molar-refractivity contribution is -0.132. The summed E-state index contributed by atoms with van der Waals surface area (Å²) < 4.78 is 0. The van der Waals surface area contributed by atoms with Crippen LogP contribution in [-0.4, -0.2) is 29.1 Å². The van der Waals surface area contributed by atoms with Gasteiger partial charge in [0.15, 0.2) is 0 Å². The summed E-state index contributed by atoms with van der Waals surface area (Å²) in [6.07, 6.45) is 5.68. The third-order valence-corrected chi connectivity index (χ3v) is 3.53. The molecule has 0 aromatic rings. The van der Waals surface area contributed by atoms with E-state index in [-0.39, 0.29) is 12.2 Å². The number of hydrogen-bond donors (Lipinski definition) is 1. The summed E-state index contributed by atoms with van der Waals surface area (Å²) in [5.74, 6) is 0.304. The number of carbonyl (C=O) groups is 1. The number of amides is 1. The number of unbranched alkanes of at least 4 members (excludes halogenated alkanes) is 1. The van der Waals surface area contributed by atoms with Gasteiger partial charge in [0.25, 0.3) is 0 Å². The molecule has 1 aliphatic rings. The van der Waals surface area contributed by atoms with Gasteiger partial charge in [0.2, 0.25) is 5.91 Å². The van der Waals surface area contributed by atoms with Crippen LogP contribution < -0.4 is 5.32 Å². The predicted molar refractivity (Wildman–Crippen MR) is 67.1 cm³/mol. The molecule has 1 aliphatic heterocycles. The van der Waals surface area contributed by atoms with E-state index in [1.54, 1.807) is 0 Å². The molecule has 94 valence electrons. The summed E-state index contributed by atoms with van der Waals surface area (Å²) in [4.78, 5) is 14.2. The first-order valence-electron chi connectivity index (χ1n) is 6.73. The van der Waals surface area contributed by atoms with Crippen molar-refractivity contribution in [2.75, 3.05) is 0 Å². The molecule has 1 amide bonds. The molecule has 16 heavy (non-hydrogen) atoms. The van der Waals surface area contributed by atoms with Crippen molar-refractivity contribution in [3.8, 4) is 0 Å². The average Bonchev–Trinajstić information content (AvgIpc) is 2.62. The molecule has 0 spiro atoms.